The molecule has 0 saturated heterocycles. The number of aromatic nitrogens is 2. The molecule has 2 aromatic rings. The zero-order valence-electron chi connectivity index (χ0n) is 9.99. The molecule has 0 aliphatic heterocycles. The third-order valence-electron chi connectivity index (χ3n) is 2.74. The minimum atomic E-state index is -1.40. The molecule has 0 aliphatic carbocycles. The Bertz CT molecular complexity index is 770. The highest BCUT2D eigenvalue weighted by Crippen LogP contribution is 2.22. The highest BCUT2D eigenvalue weighted by atomic mass is 35.5. The Labute approximate surface area is 122 Å². The van der Waals surface area contributed by atoms with Crippen molar-refractivity contribution in [3.8, 4) is 5.88 Å². The van der Waals surface area contributed by atoms with Crippen LogP contribution in [0, 0.1) is 5.82 Å². The van der Waals surface area contributed by atoms with Crippen molar-refractivity contribution in [1.29, 1.82) is 0 Å². The fourth-order valence-electron chi connectivity index (χ4n) is 1.70. The van der Waals surface area contributed by atoms with Gasteiger partial charge in [-0.05, 0) is 24.1 Å². The van der Waals surface area contributed by atoms with Crippen LogP contribution in [0.5, 0.6) is 5.88 Å². The van der Waals surface area contributed by atoms with Gasteiger partial charge in [-0.1, -0.05) is 29.3 Å². The Morgan fingerprint density at radius 3 is 2.65 bits per heavy atom. The number of H-pyrrole nitrogens is 1. The molecule has 0 bridgehead atoms. The number of halogens is 3. The lowest BCUT2D eigenvalue weighted by atomic mass is 10.1. The van der Waals surface area contributed by atoms with Crippen LogP contribution in [0.3, 0.4) is 0 Å². The molecule has 20 heavy (non-hydrogen) atoms. The second-order valence-electron chi connectivity index (χ2n) is 4.03. The van der Waals surface area contributed by atoms with Gasteiger partial charge in [-0.15, -0.1) is 0 Å². The molecule has 0 amide bonds. The normalized spacial score (nSPS) is 10.8. The molecule has 0 atom stereocenters. The summed E-state index contributed by atoms with van der Waals surface area (Å²) in [4.78, 5) is 24.2. The highest BCUT2D eigenvalue weighted by molar-refractivity contribution is 6.35. The van der Waals surface area contributed by atoms with E-state index in [-0.39, 0.29) is 13.0 Å². The van der Waals surface area contributed by atoms with Gasteiger partial charge in [0.05, 0.1) is 0 Å². The van der Waals surface area contributed by atoms with Gasteiger partial charge >= 0.3 is 5.69 Å². The second kappa shape index (κ2) is 5.68. The van der Waals surface area contributed by atoms with Crippen LogP contribution in [-0.4, -0.2) is 14.7 Å². The summed E-state index contributed by atoms with van der Waals surface area (Å²) in [6.45, 7) is -0.0419. The Hall–Kier alpha value is -1.79. The molecule has 2 rings (SSSR count). The van der Waals surface area contributed by atoms with Crippen molar-refractivity contribution in [3.63, 3.8) is 0 Å². The summed E-state index contributed by atoms with van der Waals surface area (Å²) in [5.74, 6) is -2.39. The SMILES string of the molecule is O=c1[nH]c(=O)n(CCc2ccc(Cl)cc2Cl)c(O)c1F. The maximum atomic E-state index is 13.2. The topological polar surface area (TPSA) is 75.1 Å². The van der Waals surface area contributed by atoms with Crippen LogP contribution in [-0.2, 0) is 13.0 Å². The van der Waals surface area contributed by atoms with Crippen molar-refractivity contribution < 1.29 is 9.50 Å². The van der Waals surface area contributed by atoms with E-state index in [0.29, 0.717) is 15.6 Å². The van der Waals surface area contributed by atoms with Crippen LogP contribution in [0.2, 0.25) is 10.0 Å². The van der Waals surface area contributed by atoms with Crippen LogP contribution in [0.15, 0.2) is 27.8 Å². The van der Waals surface area contributed by atoms with Gasteiger partial charge in [0.1, 0.15) is 0 Å². The number of hydrogen-bond donors (Lipinski definition) is 2. The van der Waals surface area contributed by atoms with Crippen LogP contribution >= 0.6 is 23.2 Å². The molecular formula is C12H9Cl2FN2O3. The Kier molecular flexibility index (Phi) is 4.15. The van der Waals surface area contributed by atoms with E-state index >= 15 is 0 Å². The smallest absolute Gasteiger partial charge is 0.331 e. The monoisotopic (exact) mass is 318 g/mol. The molecule has 8 heteroatoms. The van der Waals surface area contributed by atoms with Gasteiger partial charge in [0.25, 0.3) is 5.56 Å². The summed E-state index contributed by atoms with van der Waals surface area (Å²) < 4.78 is 14.0. The Morgan fingerprint density at radius 2 is 2.00 bits per heavy atom. The first-order chi connectivity index (χ1) is 9.40. The molecule has 0 spiro atoms. The molecule has 0 saturated carbocycles. The zero-order valence-corrected chi connectivity index (χ0v) is 11.5. The van der Waals surface area contributed by atoms with E-state index < -0.39 is 22.9 Å². The van der Waals surface area contributed by atoms with Crippen LogP contribution in [0.25, 0.3) is 0 Å². The first kappa shape index (κ1) is 14.6. The molecule has 1 aromatic carbocycles. The van der Waals surface area contributed by atoms with Gasteiger partial charge in [-0.3, -0.25) is 14.3 Å². The third kappa shape index (κ3) is 2.86. The average Bonchev–Trinajstić information content (AvgIpc) is 2.38. The molecule has 0 unspecified atom stereocenters. The molecule has 1 aromatic heterocycles. The van der Waals surface area contributed by atoms with E-state index in [4.69, 9.17) is 23.2 Å². The molecular weight excluding hydrogens is 310 g/mol. The van der Waals surface area contributed by atoms with Crippen LogP contribution < -0.4 is 11.2 Å². The highest BCUT2D eigenvalue weighted by Gasteiger charge is 2.13. The van der Waals surface area contributed by atoms with Gasteiger partial charge in [0.15, 0.2) is 0 Å². The maximum Gasteiger partial charge on any atom is 0.331 e. The summed E-state index contributed by atoms with van der Waals surface area (Å²) in [6.07, 6.45) is 0.259. The average molecular weight is 319 g/mol. The summed E-state index contributed by atoms with van der Waals surface area (Å²) >= 11 is 11.7. The van der Waals surface area contributed by atoms with Crippen LogP contribution in [0.4, 0.5) is 4.39 Å². The number of aromatic amines is 1. The molecule has 1 heterocycles. The maximum absolute atomic E-state index is 13.2. The largest absolute Gasteiger partial charge is 0.492 e. The predicted molar refractivity (Wildman–Crippen MR) is 73.1 cm³/mol. The van der Waals surface area contributed by atoms with E-state index in [1.165, 1.54) is 6.07 Å². The van der Waals surface area contributed by atoms with Crippen molar-refractivity contribution in [1.82, 2.24) is 9.55 Å². The number of aryl methyl sites for hydroxylation is 1. The standard InChI is InChI=1S/C12H9Cl2FN2O3/c13-7-2-1-6(8(14)5-7)3-4-17-11(19)9(15)10(18)16-12(17)20/h1-2,5,19H,3-4H2,(H,16,18,20). The summed E-state index contributed by atoms with van der Waals surface area (Å²) in [6, 6.07) is 4.82. The van der Waals surface area contributed by atoms with Crippen molar-refractivity contribution >= 4 is 23.2 Å². The van der Waals surface area contributed by atoms with Gasteiger partial charge in [-0.2, -0.15) is 4.39 Å². The van der Waals surface area contributed by atoms with E-state index in [0.717, 1.165) is 4.57 Å². The van der Waals surface area contributed by atoms with E-state index in [1.807, 2.05) is 0 Å². The fraction of sp³-hybridized carbons (Fsp3) is 0.167. The number of hydrogen-bond acceptors (Lipinski definition) is 3. The summed E-state index contributed by atoms with van der Waals surface area (Å²) in [7, 11) is 0. The molecule has 5 nitrogen and oxygen atoms in total. The third-order valence-corrected chi connectivity index (χ3v) is 3.32. The lowest BCUT2D eigenvalue weighted by Crippen LogP contribution is -2.32. The molecule has 106 valence electrons. The first-order valence-electron chi connectivity index (χ1n) is 5.55. The van der Waals surface area contributed by atoms with Gasteiger partial charge in [-0.25, -0.2) is 4.79 Å². The number of nitrogens with one attached hydrogen (secondary N) is 1. The Balaban J connectivity index is 2.30. The van der Waals surface area contributed by atoms with E-state index in [9.17, 15) is 19.1 Å². The lowest BCUT2D eigenvalue weighted by Gasteiger charge is -2.09. The number of rotatable bonds is 3. The minimum Gasteiger partial charge on any atom is -0.492 e. The van der Waals surface area contributed by atoms with E-state index in [1.54, 1.807) is 17.1 Å². The summed E-state index contributed by atoms with van der Waals surface area (Å²) in [5, 5.41) is 10.3. The second-order valence-corrected chi connectivity index (χ2v) is 4.88. The van der Waals surface area contributed by atoms with Gasteiger partial charge < -0.3 is 5.11 Å². The molecule has 0 aliphatic rings. The predicted octanol–water partition coefficient (Wildman–Crippen LogP) is 1.93. The lowest BCUT2D eigenvalue weighted by molar-refractivity contribution is 0.360. The first-order valence-corrected chi connectivity index (χ1v) is 6.31. The Morgan fingerprint density at radius 1 is 1.30 bits per heavy atom. The number of aromatic hydroxyl groups is 1. The molecule has 0 fully saturated rings. The number of nitrogens with zero attached hydrogens (tertiary/aromatic N) is 1. The molecule has 0 radical (unpaired) electrons. The molecule has 2 N–H and O–H groups in total. The van der Waals surface area contributed by atoms with Crippen molar-refractivity contribution in [2.45, 2.75) is 13.0 Å². The zero-order chi connectivity index (χ0) is 14.9. The van der Waals surface area contributed by atoms with Crippen molar-refractivity contribution in [3.05, 3.63) is 60.5 Å². The fourth-order valence-corrected chi connectivity index (χ4v) is 2.20. The van der Waals surface area contributed by atoms with Crippen molar-refractivity contribution in [2.75, 3.05) is 0 Å². The quantitative estimate of drug-likeness (QED) is 0.908. The summed E-state index contributed by atoms with van der Waals surface area (Å²) in [5.41, 5.74) is -1.47. The minimum absolute atomic E-state index is 0.0419. The van der Waals surface area contributed by atoms with E-state index in [2.05, 4.69) is 0 Å². The number of benzene rings is 1. The van der Waals surface area contributed by atoms with Gasteiger partial charge in [0, 0.05) is 16.6 Å². The van der Waals surface area contributed by atoms with Gasteiger partial charge in [0.2, 0.25) is 11.7 Å². The van der Waals surface area contributed by atoms with Crippen LogP contribution in [0.1, 0.15) is 5.56 Å². The van der Waals surface area contributed by atoms with Crippen molar-refractivity contribution in [2.24, 2.45) is 0 Å².